The molecule has 0 aliphatic heterocycles. The monoisotopic (exact) mass is 292 g/mol. The van der Waals surface area contributed by atoms with Gasteiger partial charge in [0, 0.05) is 15.7 Å². The van der Waals surface area contributed by atoms with Crippen molar-refractivity contribution < 1.29 is 4.79 Å². The number of benzene rings is 1. The lowest BCUT2D eigenvalue weighted by atomic mass is 10.1. The Labute approximate surface area is 109 Å². The van der Waals surface area contributed by atoms with E-state index in [2.05, 4.69) is 21.0 Å². The van der Waals surface area contributed by atoms with E-state index in [-0.39, 0.29) is 5.78 Å². The van der Waals surface area contributed by atoms with E-state index in [1.54, 1.807) is 4.68 Å². The van der Waals surface area contributed by atoms with Gasteiger partial charge in [0.05, 0.1) is 5.69 Å². The summed E-state index contributed by atoms with van der Waals surface area (Å²) in [4.78, 5) is 12.0. The minimum atomic E-state index is 0.0729. The second-order valence-corrected chi connectivity index (χ2v) is 4.93. The van der Waals surface area contributed by atoms with Crippen LogP contribution < -0.4 is 0 Å². The Bertz CT molecular complexity index is 543. The van der Waals surface area contributed by atoms with Gasteiger partial charge in [0.2, 0.25) is 0 Å². The first-order chi connectivity index (χ1) is 8.06. The molecule has 0 unspecified atom stereocenters. The van der Waals surface area contributed by atoms with E-state index in [1.807, 2.05) is 44.2 Å². The number of ketones is 1. The van der Waals surface area contributed by atoms with Gasteiger partial charge < -0.3 is 0 Å². The van der Waals surface area contributed by atoms with Crippen LogP contribution >= 0.6 is 15.9 Å². The lowest BCUT2D eigenvalue weighted by molar-refractivity contribution is 0.0966. The Morgan fingerprint density at radius 2 is 1.94 bits per heavy atom. The van der Waals surface area contributed by atoms with Crippen LogP contribution in [0.5, 0.6) is 0 Å². The third-order valence-electron chi connectivity index (χ3n) is 2.56. The van der Waals surface area contributed by atoms with E-state index in [9.17, 15) is 4.79 Å². The molecule has 4 heteroatoms. The molecule has 0 aliphatic carbocycles. The average molecular weight is 293 g/mol. The fraction of sp³-hybridized carbons (Fsp3) is 0.231. The highest BCUT2D eigenvalue weighted by atomic mass is 79.9. The Balaban J connectivity index is 2.17. The third kappa shape index (κ3) is 2.82. The maximum absolute atomic E-state index is 12.0. The SMILES string of the molecule is Cc1cc(C)n(CC(=O)c2ccc(Br)cc2)n1. The van der Waals surface area contributed by atoms with Gasteiger partial charge >= 0.3 is 0 Å². The first-order valence-corrected chi connectivity index (χ1v) is 6.15. The molecule has 3 nitrogen and oxygen atoms in total. The van der Waals surface area contributed by atoms with Crippen LogP contribution in [-0.2, 0) is 6.54 Å². The molecule has 1 aromatic carbocycles. The molecule has 17 heavy (non-hydrogen) atoms. The molecule has 0 fully saturated rings. The molecule has 0 N–H and O–H groups in total. The Morgan fingerprint density at radius 1 is 1.29 bits per heavy atom. The van der Waals surface area contributed by atoms with Crippen molar-refractivity contribution in [2.24, 2.45) is 0 Å². The number of aromatic nitrogens is 2. The number of Topliss-reactive ketones (excluding diaryl/α,β-unsaturated/α-hetero) is 1. The summed E-state index contributed by atoms with van der Waals surface area (Å²) >= 11 is 3.35. The second-order valence-electron chi connectivity index (χ2n) is 4.01. The Kier molecular flexibility index (Phi) is 3.43. The molecule has 2 aromatic rings. The molecule has 0 amide bonds. The number of hydrogen-bond donors (Lipinski definition) is 0. The van der Waals surface area contributed by atoms with Crippen molar-refractivity contribution in [1.29, 1.82) is 0 Å². The number of hydrogen-bond acceptors (Lipinski definition) is 2. The summed E-state index contributed by atoms with van der Waals surface area (Å²) in [5, 5.41) is 4.28. The smallest absolute Gasteiger partial charge is 0.184 e. The minimum Gasteiger partial charge on any atom is -0.292 e. The molecule has 0 saturated heterocycles. The second kappa shape index (κ2) is 4.84. The number of nitrogens with zero attached hydrogens (tertiary/aromatic N) is 2. The lowest BCUT2D eigenvalue weighted by Crippen LogP contribution is -2.12. The molecule has 1 aromatic heterocycles. The van der Waals surface area contributed by atoms with Crippen LogP contribution in [0.4, 0.5) is 0 Å². The van der Waals surface area contributed by atoms with Crippen molar-refractivity contribution in [2.45, 2.75) is 20.4 Å². The zero-order chi connectivity index (χ0) is 12.4. The fourth-order valence-electron chi connectivity index (χ4n) is 1.70. The number of carbonyl (C=O) groups is 1. The summed E-state index contributed by atoms with van der Waals surface area (Å²) in [7, 11) is 0. The average Bonchev–Trinajstić information content (AvgIpc) is 2.58. The molecular formula is C13H13BrN2O. The third-order valence-corrected chi connectivity index (χ3v) is 3.09. The first-order valence-electron chi connectivity index (χ1n) is 5.36. The van der Waals surface area contributed by atoms with Crippen LogP contribution in [0.3, 0.4) is 0 Å². The van der Waals surface area contributed by atoms with Crippen LogP contribution in [0.15, 0.2) is 34.8 Å². The number of aryl methyl sites for hydroxylation is 2. The van der Waals surface area contributed by atoms with Gasteiger partial charge in [-0.1, -0.05) is 28.1 Å². The number of rotatable bonds is 3. The zero-order valence-corrected chi connectivity index (χ0v) is 11.4. The summed E-state index contributed by atoms with van der Waals surface area (Å²) in [6.07, 6.45) is 0. The Hall–Kier alpha value is -1.42. The van der Waals surface area contributed by atoms with Crippen molar-refractivity contribution in [3.05, 3.63) is 51.8 Å². The van der Waals surface area contributed by atoms with E-state index in [0.29, 0.717) is 12.1 Å². The molecule has 88 valence electrons. The van der Waals surface area contributed by atoms with Crippen LogP contribution in [0.2, 0.25) is 0 Å². The summed E-state index contributed by atoms with van der Waals surface area (Å²) in [6.45, 7) is 4.17. The maximum atomic E-state index is 12.0. The lowest BCUT2D eigenvalue weighted by Gasteiger charge is -2.04. The highest BCUT2D eigenvalue weighted by Gasteiger charge is 2.09. The molecule has 0 spiro atoms. The van der Waals surface area contributed by atoms with Gasteiger partial charge in [-0.15, -0.1) is 0 Å². The predicted octanol–water partition coefficient (Wildman–Crippen LogP) is 3.15. The molecule has 0 radical (unpaired) electrons. The van der Waals surface area contributed by atoms with Gasteiger partial charge in [-0.05, 0) is 32.0 Å². The topological polar surface area (TPSA) is 34.9 Å². The van der Waals surface area contributed by atoms with Crippen molar-refractivity contribution in [3.63, 3.8) is 0 Å². The zero-order valence-electron chi connectivity index (χ0n) is 9.77. The normalized spacial score (nSPS) is 10.5. The highest BCUT2D eigenvalue weighted by Crippen LogP contribution is 2.12. The van der Waals surface area contributed by atoms with Crippen LogP contribution in [0, 0.1) is 13.8 Å². The maximum Gasteiger partial charge on any atom is 0.184 e. The molecule has 0 aliphatic rings. The van der Waals surface area contributed by atoms with Gasteiger partial charge in [-0.2, -0.15) is 5.10 Å². The van der Waals surface area contributed by atoms with Gasteiger partial charge in [-0.25, -0.2) is 0 Å². The largest absolute Gasteiger partial charge is 0.292 e. The molecule has 1 heterocycles. The number of halogens is 1. The standard InChI is InChI=1S/C13H13BrN2O/c1-9-7-10(2)16(15-9)8-13(17)11-3-5-12(14)6-4-11/h3-7H,8H2,1-2H3. The predicted molar refractivity (Wildman–Crippen MR) is 70.2 cm³/mol. The quantitative estimate of drug-likeness (QED) is 0.815. The van der Waals surface area contributed by atoms with E-state index in [4.69, 9.17) is 0 Å². The van der Waals surface area contributed by atoms with Gasteiger partial charge in [-0.3, -0.25) is 9.48 Å². The van der Waals surface area contributed by atoms with E-state index >= 15 is 0 Å². The summed E-state index contributed by atoms with van der Waals surface area (Å²) in [6, 6.07) is 9.34. The summed E-state index contributed by atoms with van der Waals surface area (Å²) in [5.41, 5.74) is 2.65. The molecule has 0 atom stereocenters. The van der Waals surface area contributed by atoms with Gasteiger partial charge in [0.25, 0.3) is 0 Å². The fourth-order valence-corrected chi connectivity index (χ4v) is 1.96. The molecule has 0 saturated carbocycles. The molecule has 0 bridgehead atoms. The minimum absolute atomic E-state index is 0.0729. The van der Waals surface area contributed by atoms with Crippen LogP contribution in [0.25, 0.3) is 0 Å². The van der Waals surface area contributed by atoms with E-state index in [0.717, 1.165) is 15.9 Å². The van der Waals surface area contributed by atoms with Crippen LogP contribution in [-0.4, -0.2) is 15.6 Å². The summed E-state index contributed by atoms with van der Waals surface area (Å²) < 4.78 is 2.71. The van der Waals surface area contributed by atoms with E-state index < -0.39 is 0 Å². The van der Waals surface area contributed by atoms with Crippen LogP contribution in [0.1, 0.15) is 21.7 Å². The van der Waals surface area contributed by atoms with Crippen molar-refractivity contribution in [2.75, 3.05) is 0 Å². The highest BCUT2D eigenvalue weighted by molar-refractivity contribution is 9.10. The van der Waals surface area contributed by atoms with E-state index in [1.165, 1.54) is 0 Å². The van der Waals surface area contributed by atoms with Gasteiger partial charge in [0.15, 0.2) is 5.78 Å². The molecule has 2 rings (SSSR count). The van der Waals surface area contributed by atoms with Crippen molar-refractivity contribution in [1.82, 2.24) is 9.78 Å². The van der Waals surface area contributed by atoms with Crippen molar-refractivity contribution >= 4 is 21.7 Å². The Morgan fingerprint density at radius 3 is 2.47 bits per heavy atom. The number of carbonyl (C=O) groups excluding carboxylic acids is 1. The van der Waals surface area contributed by atoms with Gasteiger partial charge in [0.1, 0.15) is 6.54 Å². The first kappa shape index (κ1) is 12.0. The summed E-state index contributed by atoms with van der Waals surface area (Å²) in [5.74, 6) is 0.0729. The van der Waals surface area contributed by atoms with Crippen molar-refractivity contribution in [3.8, 4) is 0 Å². The molecular weight excluding hydrogens is 280 g/mol.